The van der Waals surface area contributed by atoms with Crippen LogP contribution >= 0.6 is 0 Å². The summed E-state index contributed by atoms with van der Waals surface area (Å²) in [6.45, 7) is -5.58. The zero-order valence-electron chi connectivity index (χ0n) is 20.0. The van der Waals surface area contributed by atoms with Crippen molar-refractivity contribution in [2.24, 2.45) is 0 Å². The summed E-state index contributed by atoms with van der Waals surface area (Å²) in [5, 5.41) is 21.2. The molecule has 0 aliphatic heterocycles. The molecule has 2 N–H and O–H groups in total. The average molecular weight is 272 g/mol. The van der Waals surface area contributed by atoms with Gasteiger partial charge in [-0.3, -0.25) is 0 Å². The summed E-state index contributed by atoms with van der Waals surface area (Å²) < 4.78 is 72.0. The number of phenolic OH excluding ortho intramolecular Hbond substituents is 1. The molecule has 19 heavy (non-hydrogen) atoms. The van der Waals surface area contributed by atoms with E-state index in [4.69, 9.17) is 12.3 Å². The van der Waals surface area contributed by atoms with Crippen LogP contribution in [0.15, 0.2) is 24.2 Å². The van der Waals surface area contributed by atoms with Gasteiger partial charge in [-0.05, 0) is 44.5 Å². The summed E-state index contributed by atoms with van der Waals surface area (Å²) in [5.41, 5.74) is -2.19. The van der Waals surface area contributed by atoms with Crippen LogP contribution in [0.3, 0.4) is 0 Å². The molecular formula is C16H25NO2. The summed E-state index contributed by atoms with van der Waals surface area (Å²) in [4.78, 5) is 0.468. The number of aliphatic hydroxyl groups is 1. The minimum atomic E-state index is -2.86. The van der Waals surface area contributed by atoms with Crippen molar-refractivity contribution >= 4 is 0 Å². The summed E-state index contributed by atoms with van der Waals surface area (Å²) >= 11 is 0. The lowest BCUT2D eigenvalue weighted by Crippen LogP contribution is -2.42. The number of phenols is 1. The van der Waals surface area contributed by atoms with Crippen LogP contribution in [-0.4, -0.2) is 41.2 Å². The van der Waals surface area contributed by atoms with Crippen molar-refractivity contribution in [2.45, 2.75) is 43.6 Å². The Hall–Kier alpha value is -1.06. The van der Waals surface area contributed by atoms with Crippen LogP contribution in [-0.2, 0) is 0 Å². The fourth-order valence-electron chi connectivity index (χ4n) is 2.56. The van der Waals surface area contributed by atoms with E-state index < -0.39 is 60.5 Å². The normalized spacial score (nSPS) is 28.7. The van der Waals surface area contributed by atoms with Gasteiger partial charge in [-0.1, -0.05) is 31.3 Å². The van der Waals surface area contributed by atoms with Gasteiger partial charge in [0.25, 0.3) is 0 Å². The number of likely N-dealkylation sites (N-methyl/N-ethyl adjacent to an activating group) is 1. The van der Waals surface area contributed by atoms with E-state index in [9.17, 15) is 10.2 Å². The monoisotopic (exact) mass is 272 g/mol. The summed E-state index contributed by atoms with van der Waals surface area (Å²) in [6, 6.07) is -2.89. The summed E-state index contributed by atoms with van der Waals surface area (Å²) in [7, 11) is 1.03. The first-order chi connectivity index (χ1) is 12.7. The van der Waals surface area contributed by atoms with Gasteiger partial charge in [0, 0.05) is 19.3 Å². The molecule has 0 amide bonds. The van der Waals surface area contributed by atoms with Gasteiger partial charge in [0.05, 0.1) is 11.1 Å². The van der Waals surface area contributed by atoms with E-state index in [1.807, 2.05) is 0 Å². The van der Waals surface area contributed by atoms with Crippen LogP contribution in [0.5, 0.6) is 5.75 Å². The van der Waals surface area contributed by atoms with Crippen LogP contribution in [0.25, 0.3) is 0 Å². The van der Waals surface area contributed by atoms with E-state index in [0.717, 1.165) is 13.5 Å². The molecule has 3 nitrogen and oxygen atoms in total. The van der Waals surface area contributed by atoms with Gasteiger partial charge in [-0.2, -0.15) is 0 Å². The fraction of sp³-hybridized carbons (Fsp3) is 0.625. The Morgan fingerprint density at radius 2 is 2.00 bits per heavy atom. The van der Waals surface area contributed by atoms with Crippen molar-refractivity contribution in [2.75, 3.05) is 20.5 Å². The molecule has 1 aliphatic carbocycles. The Balaban J connectivity index is 2.82. The van der Waals surface area contributed by atoms with Gasteiger partial charge in [0.1, 0.15) is 5.75 Å². The van der Waals surface area contributed by atoms with Gasteiger partial charge in [-0.25, -0.2) is 0 Å². The second-order valence-electron chi connectivity index (χ2n) is 5.05. The second kappa shape index (κ2) is 5.93. The van der Waals surface area contributed by atoms with E-state index >= 15 is 0 Å². The van der Waals surface area contributed by atoms with Crippen LogP contribution in [0.1, 0.15) is 55.9 Å². The van der Waals surface area contributed by atoms with Crippen LogP contribution in [0.2, 0.25) is 0 Å². The maximum Gasteiger partial charge on any atom is 0.115 e. The predicted octanol–water partition coefficient (Wildman–Crippen LogP) is 2.73. The summed E-state index contributed by atoms with van der Waals surface area (Å²) in [6.07, 6.45) is 2.18. The Kier molecular flexibility index (Phi) is 2.06. The lowest BCUT2D eigenvalue weighted by molar-refractivity contribution is -0.0277. The van der Waals surface area contributed by atoms with Crippen molar-refractivity contribution < 1.29 is 22.5 Å². The van der Waals surface area contributed by atoms with Gasteiger partial charge in [0.15, 0.2) is 0 Å². The lowest BCUT2D eigenvalue weighted by atomic mass is 9.72. The number of aromatic hydroxyl groups is 1. The maximum absolute atomic E-state index is 11.3. The smallest absolute Gasteiger partial charge is 0.115 e. The maximum atomic E-state index is 11.3. The van der Waals surface area contributed by atoms with Crippen molar-refractivity contribution in [1.29, 1.82) is 0 Å². The zero-order valence-corrected chi connectivity index (χ0v) is 11.0. The van der Waals surface area contributed by atoms with E-state index in [1.54, 1.807) is 0 Å². The van der Waals surface area contributed by atoms with Gasteiger partial charge < -0.3 is 15.1 Å². The molecule has 0 aromatic heterocycles. The van der Waals surface area contributed by atoms with Gasteiger partial charge in [0.2, 0.25) is 0 Å². The Morgan fingerprint density at radius 3 is 2.58 bits per heavy atom. The quantitative estimate of drug-likeness (QED) is 0.886. The van der Waals surface area contributed by atoms with Crippen LogP contribution < -0.4 is 0 Å². The first-order valence-corrected chi connectivity index (χ1v) is 6.41. The Bertz CT molecular complexity index is 716. The SMILES string of the molecule is [2H]c1c([2H])c(C(C2(O)CCCCC2)C([2H])([2H])N(C)C([2H])([2H])[2H])c([2H])c([2H])c1O. The molecule has 1 fully saturated rings. The molecule has 1 aliphatic rings. The molecule has 0 bridgehead atoms. The highest BCUT2D eigenvalue weighted by Gasteiger charge is 2.38. The van der Waals surface area contributed by atoms with Gasteiger partial charge >= 0.3 is 0 Å². The highest BCUT2D eigenvalue weighted by molar-refractivity contribution is 5.30. The number of hydrogen-bond acceptors (Lipinski definition) is 3. The fourth-order valence-corrected chi connectivity index (χ4v) is 2.56. The van der Waals surface area contributed by atoms with E-state index in [2.05, 4.69) is 0 Å². The average Bonchev–Trinajstić information content (AvgIpc) is 2.60. The Morgan fingerprint density at radius 1 is 1.37 bits per heavy atom. The summed E-state index contributed by atoms with van der Waals surface area (Å²) in [5.74, 6) is -2.54. The Labute approximate surface area is 128 Å². The molecule has 1 aromatic rings. The molecule has 3 heteroatoms. The molecule has 0 saturated heterocycles. The van der Waals surface area contributed by atoms with Crippen molar-refractivity contribution in [1.82, 2.24) is 4.90 Å². The zero-order chi connectivity index (χ0) is 21.7. The molecular weight excluding hydrogens is 238 g/mol. The second-order valence-corrected chi connectivity index (χ2v) is 5.05. The molecule has 0 heterocycles. The molecule has 1 atom stereocenters. The molecule has 2 rings (SSSR count). The molecule has 0 spiro atoms. The first kappa shape index (κ1) is 6.59. The minimum Gasteiger partial charge on any atom is -0.508 e. The topological polar surface area (TPSA) is 43.7 Å². The highest BCUT2D eigenvalue weighted by atomic mass is 16.3. The first-order valence-electron chi connectivity index (χ1n) is 10.9. The van der Waals surface area contributed by atoms with Crippen molar-refractivity contribution in [3.63, 3.8) is 0 Å². The third kappa shape index (κ3) is 3.48. The largest absolute Gasteiger partial charge is 0.508 e. The van der Waals surface area contributed by atoms with Crippen LogP contribution in [0, 0.1) is 0 Å². The van der Waals surface area contributed by atoms with E-state index in [0.29, 0.717) is 17.7 Å². The van der Waals surface area contributed by atoms with E-state index in [-0.39, 0.29) is 12.8 Å². The molecule has 1 saturated carbocycles. The molecule has 106 valence electrons. The standard InChI is InChI=1S/C16H25NO2/c1-17(2)12-15(13-6-8-14(18)9-7-13)16(19)10-4-3-5-11-16/h6-9,15,18-19H,3-5,10-12H2,1-2H3/i1D3,6D,7D,8D,9D,12D2. The third-order valence-corrected chi connectivity index (χ3v) is 3.50. The predicted molar refractivity (Wildman–Crippen MR) is 77.4 cm³/mol. The van der Waals surface area contributed by atoms with Gasteiger partial charge in [-0.15, -0.1) is 0 Å². The number of rotatable bonds is 4. The number of benzene rings is 1. The lowest BCUT2D eigenvalue weighted by Gasteiger charge is -2.40. The van der Waals surface area contributed by atoms with Crippen molar-refractivity contribution in [3.05, 3.63) is 29.7 Å². The van der Waals surface area contributed by atoms with Crippen LogP contribution in [0.4, 0.5) is 0 Å². The van der Waals surface area contributed by atoms with E-state index in [1.165, 1.54) is 0 Å². The molecule has 0 radical (unpaired) electrons. The minimum absolute atomic E-state index is 0.131. The van der Waals surface area contributed by atoms with Crippen molar-refractivity contribution in [3.8, 4) is 5.75 Å². The molecule has 1 unspecified atom stereocenters. The number of nitrogens with zero attached hydrogens (tertiary/aromatic N) is 1. The molecule has 1 aromatic carbocycles. The number of hydrogen-bond donors (Lipinski definition) is 2. The third-order valence-electron chi connectivity index (χ3n) is 3.50. The highest BCUT2D eigenvalue weighted by Crippen LogP contribution is 2.40.